The molecular formula is C16H10ClF3N4O2. The summed E-state index contributed by atoms with van der Waals surface area (Å²) in [6.45, 7) is -0.0662. The molecule has 0 radical (unpaired) electrons. The summed E-state index contributed by atoms with van der Waals surface area (Å²) in [6.07, 6.45) is -3.64. The Labute approximate surface area is 148 Å². The van der Waals surface area contributed by atoms with Crippen LogP contribution in [0.1, 0.15) is 11.3 Å². The predicted octanol–water partition coefficient (Wildman–Crippen LogP) is 3.57. The molecule has 4 aromatic rings. The van der Waals surface area contributed by atoms with E-state index in [9.17, 15) is 18.0 Å². The molecule has 3 aromatic heterocycles. The van der Waals surface area contributed by atoms with Crippen LogP contribution in [0.2, 0.25) is 5.02 Å². The number of halogens is 4. The molecule has 0 bridgehead atoms. The molecule has 0 aliphatic heterocycles. The van der Waals surface area contributed by atoms with E-state index in [2.05, 4.69) is 9.97 Å². The molecular weight excluding hydrogens is 373 g/mol. The van der Waals surface area contributed by atoms with Crippen LogP contribution in [-0.4, -0.2) is 14.4 Å². The van der Waals surface area contributed by atoms with E-state index in [1.54, 1.807) is 18.2 Å². The SMILES string of the molecule is NCc1c(-c2ccc3[nH]c(=O)oc3c2)nc2c(Cl)cc(C(F)(F)F)cn12. The van der Waals surface area contributed by atoms with Crippen LogP contribution < -0.4 is 11.5 Å². The maximum atomic E-state index is 13.1. The number of aromatic amines is 1. The molecule has 0 saturated carbocycles. The summed E-state index contributed by atoms with van der Waals surface area (Å²) < 4.78 is 45.5. The normalized spacial score (nSPS) is 12.3. The van der Waals surface area contributed by atoms with Crippen LogP contribution in [0.3, 0.4) is 0 Å². The summed E-state index contributed by atoms with van der Waals surface area (Å²) in [5, 5.41) is -0.143. The van der Waals surface area contributed by atoms with Gasteiger partial charge in [0.15, 0.2) is 11.2 Å². The molecule has 0 atom stereocenters. The molecule has 0 unspecified atom stereocenters. The summed E-state index contributed by atoms with van der Waals surface area (Å²) in [5.41, 5.74) is 7.06. The number of oxazole rings is 1. The van der Waals surface area contributed by atoms with Crippen LogP contribution in [0.25, 0.3) is 28.0 Å². The number of pyridine rings is 1. The van der Waals surface area contributed by atoms with E-state index in [1.807, 2.05) is 0 Å². The van der Waals surface area contributed by atoms with Crippen molar-refractivity contribution in [3.8, 4) is 11.3 Å². The lowest BCUT2D eigenvalue weighted by atomic mass is 10.1. The zero-order chi connectivity index (χ0) is 18.6. The van der Waals surface area contributed by atoms with Gasteiger partial charge in [-0.25, -0.2) is 9.78 Å². The maximum Gasteiger partial charge on any atom is 0.417 e. The zero-order valence-corrected chi connectivity index (χ0v) is 13.6. The first kappa shape index (κ1) is 16.7. The molecule has 0 aliphatic rings. The van der Waals surface area contributed by atoms with Gasteiger partial charge >= 0.3 is 11.9 Å². The highest BCUT2D eigenvalue weighted by Crippen LogP contribution is 2.35. The number of hydrogen-bond acceptors (Lipinski definition) is 4. The third-order valence-corrected chi connectivity index (χ3v) is 4.27. The monoisotopic (exact) mass is 382 g/mol. The third kappa shape index (κ3) is 2.56. The average Bonchev–Trinajstić information content (AvgIpc) is 3.12. The van der Waals surface area contributed by atoms with Crippen molar-refractivity contribution in [3.63, 3.8) is 0 Å². The van der Waals surface area contributed by atoms with E-state index >= 15 is 0 Å². The fraction of sp³-hybridized carbons (Fsp3) is 0.125. The van der Waals surface area contributed by atoms with Crippen LogP contribution in [0, 0.1) is 0 Å². The summed E-state index contributed by atoms with van der Waals surface area (Å²) in [7, 11) is 0. The van der Waals surface area contributed by atoms with Gasteiger partial charge in [-0.2, -0.15) is 13.2 Å². The number of imidazole rings is 1. The molecule has 3 N–H and O–H groups in total. The quantitative estimate of drug-likeness (QED) is 0.554. The lowest BCUT2D eigenvalue weighted by Gasteiger charge is -2.09. The molecule has 1 aromatic carbocycles. The molecule has 0 aliphatic carbocycles. The highest BCUT2D eigenvalue weighted by molar-refractivity contribution is 6.33. The first-order chi connectivity index (χ1) is 12.3. The van der Waals surface area contributed by atoms with Crippen molar-refractivity contribution in [2.24, 2.45) is 5.73 Å². The van der Waals surface area contributed by atoms with E-state index in [4.69, 9.17) is 21.8 Å². The Morgan fingerprint density at radius 2 is 2.08 bits per heavy atom. The molecule has 4 rings (SSSR count). The van der Waals surface area contributed by atoms with Crippen LogP contribution in [0.5, 0.6) is 0 Å². The van der Waals surface area contributed by atoms with Gasteiger partial charge in [-0.3, -0.25) is 4.98 Å². The first-order valence-corrected chi connectivity index (χ1v) is 7.76. The van der Waals surface area contributed by atoms with Crippen molar-refractivity contribution >= 4 is 28.3 Å². The molecule has 134 valence electrons. The van der Waals surface area contributed by atoms with Crippen molar-refractivity contribution in [2.75, 3.05) is 0 Å². The number of fused-ring (bicyclic) bond motifs is 2. The second-order valence-corrected chi connectivity index (χ2v) is 6.01. The van der Waals surface area contributed by atoms with Gasteiger partial charge in [0.25, 0.3) is 0 Å². The van der Waals surface area contributed by atoms with E-state index in [-0.39, 0.29) is 17.2 Å². The molecule has 0 fully saturated rings. The number of nitrogens with one attached hydrogen (secondary N) is 1. The standard InChI is InChI=1S/C16H10ClF3N4O2/c17-9-4-8(16(18,19)20)6-24-11(5-21)13(23-14(9)24)7-1-2-10-12(3-7)26-15(25)22-10/h1-4,6H,5,21H2,(H,22,25). The lowest BCUT2D eigenvalue weighted by molar-refractivity contribution is -0.137. The number of nitrogens with two attached hydrogens (primary N) is 1. The predicted molar refractivity (Wildman–Crippen MR) is 88.9 cm³/mol. The Morgan fingerprint density at radius 1 is 1.31 bits per heavy atom. The minimum absolute atomic E-state index is 0.0662. The summed E-state index contributed by atoms with van der Waals surface area (Å²) in [6, 6.07) is 5.66. The van der Waals surface area contributed by atoms with Gasteiger partial charge in [-0.15, -0.1) is 0 Å². The Balaban J connectivity index is 1.99. The minimum atomic E-state index is -4.55. The minimum Gasteiger partial charge on any atom is -0.408 e. The number of hydrogen-bond donors (Lipinski definition) is 2. The second-order valence-electron chi connectivity index (χ2n) is 5.60. The topological polar surface area (TPSA) is 89.3 Å². The largest absolute Gasteiger partial charge is 0.417 e. The molecule has 10 heteroatoms. The average molecular weight is 383 g/mol. The highest BCUT2D eigenvalue weighted by atomic mass is 35.5. The van der Waals surface area contributed by atoms with Gasteiger partial charge in [0, 0.05) is 18.3 Å². The summed E-state index contributed by atoms with van der Waals surface area (Å²) in [5.74, 6) is -0.607. The summed E-state index contributed by atoms with van der Waals surface area (Å²) in [4.78, 5) is 18.1. The highest BCUT2D eigenvalue weighted by Gasteiger charge is 2.32. The lowest BCUT2D eigenvalue weighted by Crippen LogP contribution is -2.09. The zero-order valence-electron chi connectivity index (χ0n) is 12.9. The fourth-order valence-corrected chi connectivity index (χ4v) is 3.08. The van der Waals surface area contributed by atoms with Crippen LogP contribution >= 0.6 is 11.6 Å². The van der Waals surface area contributed by atoms with Gasteiger partial charge in [-0.1, -0.05) is 17.7 Å². The van der Waals surface area contributed by atoms with Gasteiger partial charge in [0.2, 0.25) is 0 Å². The second kappa shape index (κ2) is 5.61. The maximum absolute atomic E-state index is 13.1. The van der Waals surface area contributed by atoms with Gasteiger partial charge in [0.1, 0.15) is 0 Å². The number of alkyl halides is 3. The van der Waals surface area contributed by atoms with Crippen molar-refractivity contribution < 1.29 is 17.6 Å². The Hall–Kier alpha value is -2.78. The Bertz CT molecular complexity index is 1210. The number of aromatic nitrogens is 3. The molecule has 0 amide bonds. The fourth-order valence-electron chi connectivity index (χ4n) is 2.83. The van der Waals surface area contributed by atoms with E-state index in [0.717, 1.165) is 12.3 Å². The Morgan fingerprint density at radius 3 is 2.77 bits per heavy atom. The molecule has 26 heavy (non-hydrogen) atoms. The smallest absolute Gasteiger partial charge is 0.408 e. The van der Waals surface area contributed by atoms with Crippen molar-refractivity contribution in [3.05, 3.63) is 57.3 Å². The summed E-state index contributed by atoms with van der Waals surface area (Å²) >= 11 is 6.01. The van der Waals surface area contributed by atoms with Crippen LogP contribution in [-0.2, 0) is 12.7 Å². The molecule has 3 heterocycles. The van der Waals surface area contributed by atoms with Crippen molar-refractivity contribution in [1.29, 1.82) is 0 Å². The van der Waals surface area contributed by atoms with E-state index in [0.29, 0.717) is 28.1 Å². The molecule has 0 spiro atoms. The van der Waals surface area contributed by atoms with Gasteiger partial charge < -0.3 is 14.6 Å². The van der Waals surface area contributed by atoms with E-state index < -0.39 is 17.5 Å². The molecule has 0 saturated heterocycles. The van der Waals surface area contributed by atoms with Gasteiger partial charge in [-0.05, 0) is 18.2 Å². The van der Waals surface area contributed by atoms with Gasteiger partial charge in [0.05, 0.1) is 27.5 Å². The number of H-pyrrole nitrogens is 1. The van der Waals surface area contributed by atoms with E-state index in [1.165, 1.54) is 4.40 Å². The van der Waals surface area contributed by atoms with Crippen molar-refractivity contribution in [2.45, 2.75) is 12.7 Å². The van der Waals surface area contributed by atoms with Crippen molar-refractivity contribution in [1.82, 2.24) is 14.4 Å². The Kier molecular flexibility index (Phi) is 3.60. The number of rotatable bonds is 2. The third-order valence-electron chi connectivity index (χ3n) is 3.99. The number of benzene rings is 1. The first-order valence-electron chi connectivity index (χ1n) is 7.39. The van der Waals surface area contributed by atoms with Crippen LogP contribution in [0.15, 0.2) is 39.7 Å². The van der Waals surface area contributed by atoms with Crippen LogP contribution in [0.4, 0.5) is 13.2 Å². The molecule has 6 nitrogen and oxygen atoms in total. The number of nitrogens with zero attached hydrogens (tertiary/aromatic N) is 2.